The quantitative estimate of drug-likeness (QED) is 0.881. The van der Waals surface area contributed by atoms with E-state index in [-0.39, 0.29) is 11.9 Å². The normalized spacial score (nSPS) is 12.1. The van der Waals surface area contributed by atoms with Crippen LogP contribution in [0.1, 0.15) is 30.0 Å². The molecule has 1 heterocycles. The van der Waals surface area contributed by atoms with Crippen LogP contribution in [0.15, 0.2) is 42.7 Å². The van der Waals surface area contributed by atoms with Gasteiger partial charge in [0, 0.05) is 44.9 Å². The second kappa shape index (κ2) is 7.04. The lowest BCUT2D eigenvalue weighted by atomic mass is 10.0. The molecule has 0 saturated carbocycles. The summed E-state index contributed by atoms with van der Waals surface area (Å²) in [7, 11) is 3.67. The number of amides is 1. The molecule has 0 fully saturated rings. The first-order valence-electron chi connectivity index (χ1n) is 7.08. The number of nitrogens with zero attached hydrogens (tertiary/aromatic N) is 3. The maximum atomic E-state index is 12.1. The van der Waals surface area contributed by atoms with Crippen LogP contribution in [0.4, 0.5) is 0 Å². The van der Waals surface area contributed by atoms with Crippen LogP contribution < -0.4 is 5.73 Å². The van der Waals surface area contributed by atoms with Crippen molar-refractivity contribution >= 4 is 5.91 Å². The third kappa shape index (κ3) is 4.43. The molecule has 1 aromatic carbocycles. The van der Waals surface area contributed by atoms with Gasteiger partial charge in [0.15, 0.2) is 0 Å². The van der Waals surface area contributed by atoms with E-state index in [0.717, 1.165) is 11.1 Å². The minimum absolute atomic E-state index is 0.0954. The van der Waals surface area contributed by atoms with E-state index in [1.807, 2.05) is 50.6 Å². The van der Waals surface area contributed by atoms with E-state index in [4.69, 9.17) is 5.73 Å². The van der Waals surface area contributed by atoms with Crippen molar-refractivity contribution in [1.29, 1.82) is 0 Å². The molecule has 2 N–H and O–H groups in total. The molecule has 1 amide bonds. The molecule has 0 radical (unpaired) electrons. The Morgan fingerprint density at radius 2 is 2.10 bits per heavy atom. The van der Waals surface area contributed by atoms with Crippen molar-refractivity contribution in [3.8, 4) is 0 Å². The number of hydrogen-bond acceptors (Lipinski definition) is 3. The summed E-state index contributed by atoms with van der Waals surface area (Å²) in [6.45, 7) is 0.577. The predicted molar refractivity (Wildman–Crippen MR) is 82.3 cm³/mol. The Morgan fingerprint density at radius 3 is 2.71 bits per heavy atom. The standard InChI is InChI=1S/C16H22N4O/c1-19(11-13-10-18-20(2)12-13)16(21)9-8-15(17)14-6-4-3-5-7-14/h3-7,10,12,15H,8-9,11,17H2,1-2H3. The van der Waals surface area contributed by atoms with Gasteiger partial charge in [0.05, 0.1) is 6.20 Å². The summed E-state index contributed by atoms with van der Waals surface area (Å²) < 4.78 is 1.74. The smallest absolute Gasteiger partial charge is 0.222 e. The summed E-state index contributed by atoms with van der Waals surface area (Å²) in [6.07, 6.45) is 4.80. The Kier molecular flexibility index (Phi) is 5.11. The van der Waals surface area contributed by atoms with E-state index in [1.165, 1.54) is 0 Å². The Morgan fingerprint density at radius 1 is 1.38 bits per heavy atom. The average molecular weight is 286 g/mol. The summed E-state index contributed by atoms with van der Waals surface area (Å²) in [4.78, 5) is 13.9. The van der Waals surface area contributed by atoms with Crippen LogP contribution >= 0.6 is 0 Å². The van der Waals surface area contributed by atoms with Crippen molar-refractivity contribution in [2.24, 2.45) is 12.8 Å². The number of benzene rings is 1. The molecular formula is C16H22N4O. The molecule has 5 nitrogen and oxygen atoms in total. The average Bonchev–Trinajstić information content (AvgIpc) is 2.90. The molecule has 0 aliphatic heterocycles. The third-order valence-corrected chi connectivity index (χ3v) is 3.50. The summed E-state index contributed by atoms with van der Waals surface area (Å²) in [6, 6.07) is 9.78. The molecule has 1 atom stereocenters. The number of carbonyl (C=O) groups excluding carboxylic acids is 1. The summed E-state index contributed by atoms with van der Waals surface area (Å²) in [5.41, 5.74) is 8.21. The van der Waals surface area contributed by atoms with Gasteiger partial charge in [0.25, 0.3) is 0 Å². The number of rotatable bonds is 6. The molecule has 1 aromatic heterocycles. The fourth-order valence-corrected chi connectivity index (χ4v) is 2.25. The molecule has 112 valence electrons. The highest BCUT2D eigenvalue weighted by Crippen LogP contribution is 2.16. The maximum Gasteiger partial charge on any atom is 0.222 e. The monoisotopic (exact) mass is 286 g/mol. The molecule has 21 heavy (non-hydrogen) atoms. The first-order chi connectivity index (χ1) is 10.1. The highest BCUT2D eigenvalue weighted by atomic mass is 16.2. The second-order valence-corrected chi connectivity index (χ2v) is 5.33. The molecule has 0 bridgehead atoms. The topological polar surface area (TPSA) is 64.2 Å². The predicted octanol–water partition coefficient (Wildman–Crippen LogP) is 1.86. The number of nitrogens with two attached hydrogens (primary N) is 1. The van der Waals surface area contributed by atoms with Crippen molar-refractivity contribution in [3.63, 3.8) is 0 Å². The van der Waals surface area contributed by atoms with Crippen molar-refractivity contribution in [2.75, 3.05) is 7.05 Å². The zero-order chi connectivity index (χ0) is 15.2. The molecule has 2 aromatic rings. The molecule has 5 heteroatoms. The van der Waals surface area contributed by atoms with Crippen LogP contribution in [0.2, 0.25) is 0 Å². The van der Waals surface area contributed by atoms with Crippen LogP contribution in [-0.2, 0) is 18.4 Å². The lowest BCUT2D eigenvalue weighted by molar-refractivity contribution is -0.130. The van der Waals surface area contributed by atoms with E-state index in [9.17, 15) is 4.79 Å². The zero-order valence-corrected chi connectivity index (χ0v) is 12.6. The molecular weight excluding hydrogens is 264 g/mol. The zero-order valence-electron chi connectivity index (χ0n) is 12.6. The Hall–Kier alpha value is -2.14. The Bertz CT molecular complexity index is 579. The van der Waals surface area contributed by atoms with Crippen LogP contribution in [-0.4, -0.2) is 27.6 Å². The highest BCUT2D eigenvalue weighted by molar-refractivity contribution is 5.75. The molecule has 1 unspecified atom stereocenters. The maximum absolute atomic E-state index is 12.1. The van der Waals surface area contributed by atoms with Crippen LogP contribution in [0.25, 0.3) is 0 Å². The fourth-order valence-electron chi connectivity index (χ4n) is 2.25. The van der Waals surface area contributed by atoms with Gasteiger partial charge in [0.2, 0.25) is 5.91 Å². The Balaban J connectivity index is 1.81. The number of carbonyl (C=O) groups is 1. The highest BCUT2D eigenvalue weighted by Gasteiger charge is 2.13. The van der Waals surface area contributed by atoms with Gasteiger partial charge in [-0.1, -0.05) is 30.3 Å². The Labute approximate surface area is 125 Å². The summed E-state index contributed by atoms with van der Waals surface area (Å²) >= 11 is 0. The number of aryl methyl sites for hydroxylation is 1. The van der Waals surface area contributed by atoms with Crippen LogP contribution in [0, 0.1) is 0 Å². The SMILES string of the molecule is CN(Cc1cnn(C)c1)C(=O)CCC(N)c1ccccc1. The van der Waals surface area contributed by atoms with Gasteiger partial charge < -0.3 is 10.6 Å². The van der Waals surface area contributed by atoms with Gasteiger partial charge in [0.1, 0.15) is 0 Å². The van der Waals surface area contributed by atoms with Gasteiger partial charge in [-0.3, -0.25) is 9.48 Å². The number of aromatic nitrogens is 2. The van der Waals surface area contributed by atoms with Crippen molar-refractivity contribution in [3.05, 3.63) is 53.9 Å². The summed E-state index contributed by atoms with van der Waals surface area (Å²) in [5, 5.41) is 4.10. The van der Waals surface area contributed by atoms with Crippen molar-refractivity contribution in [2.45, 2.75) is 25.4 Å². The minimum Gasteiger partial charge on any atom is -0.341 e. The van der Waals surface area contributed by atoms with Gasteiger partial charge in [-0.15, -0.1) is 0 Å². The summed E-state index contributed by atoms with van der Waals surface area (Å²) in [5.74, 6) is 0.102. The second-order valence-electron chi connectivity index (χ2n) is 5.33. The van der Waals surface area contributed by atoms with Gasteiger partial charge in [-0.2, -0.15) is 5.10 Å². The minimum atomic E-state index is -0.0954. The van der Waals surface area contributed by atoms with Crippen LogP contribution in [0.5, 0.6) is 0 Å². The van der Waals surface area contributed by atoms with E-state index < -0.39 is 0 Å². The first-order valence-corrected chi connectivity index (χ1v) is 7.08. The molecule has 0 spiro atoms. The van der Waals surface area contributed by atoms with E-state index >= 15 is 0 Å². The third-order valence-electron chi connectivity index (χ3n) is 3.50. The van der Waals surface area contributed by atoms with Crippen molar-refractivity contribution < 1.29 is 4.79 Å². The lowest BCUT2D eigenvalue weighted by Crippen LogP contribution is -2.26. The van der Waals surface area contributed by atoms with Crippen molar-refractivity contribution in [1.82, 2.24) is 14.7 Å². The van der Waals surface area contributed by atoms with Gasteiger partial charge in [-0.05, 0) is 12.0 Å². The molecule has 0 aliphatic rings. The van der Waals surface area contributed by atoms with Crippen LogP contribution in [0.3, 0.4) is 0 Å². The lowest BCUT2D eigenvalue weighted by Gasteiger charge is -2.18. The van der Waals surface area contributed by atoms with E-state index in [1.54, 1.807) is 15.8 Å². The molecule has 2 rings (SSSR count). The van der Waals surface area contributed by atoms with E-state index in [0.29, 0.717) is 19.4 Å². The molecule has 0 aliphatic carbocycles. The van der Waals surface area contributed by atoms with E-state index in [2.05, 4.69) is 5.10 Å². The van der Waals surface area contributed by atoms with Gasteiger partial charge >= 0.3 is 0 Å². The number of hydrogen-bond donors (Lipinski definition) is 1. The molecule has 0 saturated heterocycles. The first kappa shape index (κ1) is 15.3. The fraction of sp³-hybridized carbons (Fsp3) is 0.375. The van der Waals surface area contributed by atoms with Gasteiger partial charge in [-0.25, -0.2) is 0 Å². The largest absolute Gasteiger partial charge is 0.341 e.